The van der Waals surface area contributed by atoms with Gasteiger partial charge in [0.25, 0.3) is 0 Å². The van der Waals surface area contributed by atoms with Gasteiger partial charge in [0, 0.05) is 5.69 Å². The highest BCUT2D eigenvalue weighted by molar-refractivity contribution is 6.10. The lowest BCUT2D eigenvalue weighted by atomic mass is 10.0. The number of rotatable bonds is 6. The number of aryl methyl sites for hydroxylation is 1. The molecular formula is C27H23NO6. The summed E-state index contributed by atoms with van der Waals surface area (Å²) in [6, 6.07) is 18.7. The Morgan fingerprint density at radius 1 is 0.824 bits per heavy atom. The molecule has 0 aliphatic heterocycles. The molecule has 0 aliphatic carbocycles. The van der Waals surface area contributed by atoms with Crippen molar-refractivity contribution in [2.24, 2.45) is 0 Å². The molecule has 5 rings (SSSR count). The van der Waals surface area contributed by atoms with E-state index in [4.69, 9.17) is 23.0 Å². The second kappa shape index (κ2) is 8.51. The van der Waals surface area contributed by atoms with Crippen LogP contribution in [0.3, 0.4) is 0 Å². The maximum Gasteiger partial charge on any atom is 0.348 e. The minimum Gasteiger partial charge on any atom is -0.493 e. The van der Waals surface area contributed by atoms with Gasteiger partial charge in [-0.25, -0.2) is 4.79 Å². The number of anilines is 2. The average Bonchev–Trinajstić information content (AvgIpc) is 3.24. The van der Waals surface area contributed by atoms with Gasteiger partial charge < -0.3 is 28.4 Å². The molecule has 7 heteroatoms. The summed E-state index contributed by atoms with van der Waals surface area (Å²) in [6.07, 6.45) is 0. The van der Waals surface area contributed by atoms with Crippen molar-refractivity contribution in [1.82, 2.24) is 0 Å². The SMILES string of the molecule is COc1cc(-c2c(Nc3ccccc3C)oc3c2c(=O)oc2ccccc23)cc(OC)c1OC. The number of para-hydroxylation sites is 2. The van der Waals surface area contributed by atoms with Crippen LogP contribution in [-0.2, 0) is 0 Å². The fourth-order valence-electron chi connectivity index (χ4n) is 4.13. The van der Waals surface area contributed by atoms with E-state index in [-0.39, 0.29) is 0 Å². The van der Waals surface area contributed by atoms with Crippen molar-refractivity contribution in [1.29, 1.82) is 0 Å². The molecule has 0 aliphatic rings. The summed E-state index contributed by atoms with van der Waals surface area (Å²) in [5, 5.41) is 4.39. The fourth-order valence-corrected chi connectivity index (χ4v) is 4.13. The van der Waals surface area contributed by atoms with Crippen LogP contribution in [0.5, 0.6) is 17.2 Å². The van der Waals surface area contributed by atoms with Crippen LogP contribution in [-0.4, -0.2) is 21.3 Å². The van der Waals surface area contributed by atoms with Crippen LogP contribution in [0.2, 0.25) is 0 Å². The van der Waals surface area contributed by atoms with Crippen LogP contribution in [0.1, 0.15) is 5.56 Å². The summed E-state index contributed by atoms with van der Waals surface area (Å²) in [4.78, 5) is 13.2. The third kappa shape index (κ3) is 3.42. The van der Waals surface area contributed by atoms with Crippen LogP contribution < -0.4 is 25.2 Å². The topological polar surface area (TPSA) is 83.1 Å². The number of nitrogens with one attached hydrogen (secondary N) is 1. The van der Waals surface area contributed by atoms with Crippen LogP contribution >= 0.6 is 0 Å². The van der Waals surface area contributed by atoms with Gasteiger partial charge >= 0.3 is 5.63 Å². The van der Waals surface area contributed by atoms with Gasteiger partial charge in [0.2, 0.25) is 11.6 Å². The third-order valence-electron chi connectivity index (χ3n) is 5.79. The van der Waals surface area contributed by atoms with Gasteiger partial charge in [-0.1, -0.05) is 30.3 Å². The standard InChI is InChI=1S/C27H23NO6/c1-15-9-5-7-11-18(15)28-26-22(16-13-20(30-2)25(32-4)21(14-16)31-3)23-24(34-26)17-10-6-8-12-19(17)33-27(23)29/h5-14,28H,1-4H3. The maximum absolute atomic E-state index is 13.2. The minimum atomic E-state index is -0.501. The summed E-state index contributed by atoms with van der Waals surface area (Å²) >= 11 is 0. The smallest absolute Gasteiger partial charge is 0.348 e. The molecule has 1 N–H and O–H groups in total. The number of furan rings is 1. The van der Waals surface area contributed by atoms with Gasteiger partial charge in [-0.05, 0) is 48.4 Å². The first-order valence-corrected chi connectivity index (χ1v) is 10.7. The Morgan fingerprint density at radius 2 is 1.50 bits per heavy atom. The minimum absolute atomic E-state index is 0.323. The highest BCUT2D eigenvalue weighted by Crippen LogP contribution is 2.46. The van der Waals surface area contributed by atoms with E-state index in [1.165, 1.54) is 0 Å². The number of hydrogen-bond acceptors (Lipinski definition) is 7. The molecule has 0 atom stereocenters. The van der Waals surface area contributed by atoms with E-state index < -0.39 is 5.63 Å². The number of ether oxygens (including phenoxy) is 3. The van der Waals surface area contributed by atoms with Gasteiger partial charge in [0.1, 0.15) is 11.0 Å². The first-order chi connectivity index (χ1) is 16.5. The van der Waals surface area contributed by atoms with Crippen molar-refractivity contribution < 1.29 is 23.0 Å². The zero-order valence-corrected chi connectivity index (χ0v) is 19.2. The Kier molecular flexibility index (Phi) is 5.37. The summed E-state index contributed by atoms with van der Waals surface area (Å²) in [5.41, 5.74) is 3.45. The third-order valence-corrected chi connectivity index (χ3v) is 5.79. The number of methoxy groups -OCH3 is 3. The number of benzene rings is 3. The molecule has 0 saturated carbocycles. The zero-order valence-electron chi connectivity index (χ0n) is 19.2. The molecular weight excluding hydrogens is 434 g/mol. The Bertz CT molecular complexity index is 1550. The van der Waals surface area contributed by atoms with E-state index in [1.54, 1.807) is 39.5 Å². The van der Waals surface area contributed by atoms with Gasteiger partial charge in [0.05, 0.1) is 32.3 Å². The highest BCUT2D eigenvalue weighted by atomic mass is 16.5. The predicted molar refractivity (Wildman–Crippen MR) is 132 cm³/mol. The summed E-state index contributed by atoms with van der Waals surface area (Å²) < 4.78 is 28.5. The van der Waals surface area contributed by atoms with Crippen LogP contribution in [0.4, 0.5) is 11.6 Å². The molecule has 172 valence electrons. The largest absolute Gasteiger partial charge is 0.493 e. The van der Waals surface area contributed by atoms with Crippen LogP contribution in [0, 0.1) is 6.92 Å². The van der Waals surface area contributed by atoms with E-state index in [0.29, 0.717) is 56.2 Å². The van der Waals surface area contributed by atoms with E-state index in [2.05, 4.69) is 5.32 Å². The molecule has 0 unspecified atom stereocenters. The van der Waals surface area contributed by atoms with Crippen molar-refractivity contribution in [2.45, 2.75) is 6.92 Å². The van der Waals surface area contributed by atoms with Crippen LogP contribution in [0.15, 0.2) is 74.3 Å². The van der Waals surface area contributed by atoms with Crippen molar-refractivity contribution in [3.63, 3.8) is 0 Å². The number of hydrogen-bond donors (Lipinski definition) is 1. The Labute approximate surface area is 195 Å². The average molecular weight is 457 g/mol. The normalized spacial score (nSPS) is 11.1. The predicted octanol–water partition coefficient (Wildman–Crippen LogP) is 6.28. The van der Waals surface area contributed by atoms with Gasteiger partial charge in [-0.2, -0.15) is 0 Å². The molecule has 0 saturated heterocycles. The molecule has 0 spiro atoms. The molecule has 2 aromatic heterocycles. The lowest BCUT2D eigenvalue weighted by molar-refractivity contribution is 0.324. The van der Waals surface area contributed by atoms with E-state index >= 15 is 0 Å². The summed E-state index contributed by atoms with van der Waals surface area (Å²) in [5.74, 6) is 1.77. The highest BCUT2D eigenvalue weighted by Gasteiger charge is 2.25. The molecule has 5 aromatic rings. The van der Waals surface area contributed by atoms with Gasteiger partial charge in [0.15, 0.2) is 17.1 Å². The molecule has 34 heavy (non-hydrogen) atoms. The number of fused-ring (bicyclic) bond motifs is 3. The van der Waals surface area contributed by atoms with Crippen molar-refractivity contribution >= 4 is 33.5 Å². The molecule has 0 fully saturated rings. The lowest BCUT2D eigenvalue weighted by Gasteiger charge is -2.15. The van der Waals surface area contributed by atoms with Crippen molar-refractivity contribution in [2.75, 3.05) is 26.6 Å². The van der Waals surface area contributed by atoms with Gasteiger partial charge in [-0.3, -0.25) is 0 Å². The molecule has 0 amide bonds. The monoisotopic (exact) mass is 457 g/mol. The zero-order chi connectivity index (χ0) is 23.8. The Morgan fingerprint density at radius 3 is 2.18 bits per heavy atom. The molecule has 0 radical (unpaired) electrons. The van der Waals surface area contributed by atoms with Crippen molar-refractivity contribution in [3.8, 4) is 28.4 Å². The Hall–Kier alpha value is -4.39. The van der Waals surface area contributed by atoms with E-state index in [1.807, 2.05) is 49.4 Å². The quantitative estimate of drug-likeness (QED) is 0.300. The first-order valence-electron chi connectivity index (χ1n) is 10.7. The molecule has 2 heterocycles. The second-order valence-corrected chi connectivity index (χ2v) is 7.75. The van der Waals surface area contributed by atoms with Crippen molar-refractivity contribution in [3.05, 3.63) is 76.6 Å². The van der Waals surface area contributed by atoms with E-state index in [9.17, 15) is 4.79 Å². The second-order valence-electron chi connectivity index (χ2n) is 7.75. The van der Waals surface area contributed by atoms with E-state index in [0.717, 1.165) is 11.3 Å². The summed E-state index contributed by atoms with van der Waals surface area (Å²) in [7, 11) is 4.63. The van der Waals surface area contributed by atoms with Gasteiger partial charge in [-0.15, -0.1) is 0 Å². The fraction of sp³-hybridized carbons (Fsp3) is 0.148. The maximum atomic E-state index is 13.2. The molecule has 3 aromatic carbocycles. The summed E-state index contributed by atoms with van der Waals surface area (Å²) in [6.45, 7) is 1.99. The molecule has 0 bridgehead atoms. The van der Waals surface area contributed by atoms with Crippen LogP contribution in [0.25, 0.3) is 33.1 Å². The lowest BCUT2D eigenvalue weighted by Crippen LogP contribution is -2.01. The Balaban J connectivity index is 1.87. The molecule has 7 nitrogen and oxygen atoms in total. The first kappa shape index (κ1) is 21.5.